The van der Waals surface area contributed by atoms with Gasteiger partial charge in [-0.15, -0.1) is 0 Å². The number of nitrogens with zero attached hydrogens (tertiary/aromatic N) is 1. The third-order valence-electron chi connectivity index (χ3n) is 3.40. The zero-order valence-electron chi connectivity index (χ0n) is 9.25. The summed E-state index contributed by atoms with van der Waals surface area (Å²) in [5.74, 6) is 0.731. The van der Waals surface area contributed by atoms with Crippen molar-refractivity contribution >= 4 is 10.8 Å². The fraction of sp³-hybridized carbons (Fsp3) is 0.357. The van der Waals surface area contributed by atoms with E-state index in [1.807, 2.05) is 0 Å². The summed E-state index contributed by atoms with van der Waals surface area (Å²) in [4.78, 5) is 4.76. The summed E-state index contributed by atoms with van der Waals surface area (Å²) in [6, 6.07) is 8.66. The lowest BCUT2D eigenvalue weighted by Gasteiger charge is -2.10. The molecule has 0 unspecified atom stereocenters. The highest BCUT2D eigenvalue weighted by Crippen LogP contribution is 2.42. The van der Waals surface area contributed by atoms with Crippen LogP contribution < -0.4 is 0 Å². The maximum atomic E-state index is 4.76. The number of aromatic nitrogens is 1. The highest BCUT2D eigenvalue weighted by Gasteiger charge is 2.27. The number of benzene rings is 1. The lowest BCUT2D eigenvalue weighted by molar-refractivity contribution is 1.01. The molecule has 0 bridgehead atoms. The maximum absolute atomic E-state index is 4.76. The van der Waals surface area contributed by atoms with Crippen molar-refractivity contribution < 1.29 is 0 Å². The van der Waals surface area contributed by atoms with E-state index in [1.165, 1.54) is 40.6 Å². The van der Waals surface area contributed by atoms with Crippen LogP contribution in [0.1, 0.15) is 35.7 Å². The summed E-state index contributed by atoms with van der Waals surface area (Å²) in [5, 5.41) is 2.75. The molecule has 3 rings (SSSR count). The molecule has 1 saturated carbocycles. The van der Waals surface area contributed by atoms with Gasteiger partial charge in [-0.25, -0.2) is 0 Å². The lowest BCUT2D eigenvalue weighted by atomic mass is 10.0. The molecule has 0 saturated heterocycles. The summed E-state index contributed by atoms with van der Waals surface area (Å²) in [5.41, 5.74) is 3.85. The predicted octanol–water partition coefficient (Wildman–Crippen LogP) is 3.73. The highest BCUT2D eigenvalue weighted by atomic mass is 14.7. The molecule has 1 fully saturated rings. The van der Waals surface area contributed by atoms with Gasteiger partial charge in [0, 0.05) is 17.0 Å². The minimum absolute atomic E-state index is 0.731. The van der Waals surface area contributed by atoms with Crippen molar-refractivity contribution in [3.63, 3.8) is 0 Å². The average Bonchev–Trinajstić information content (AvgIpc) is 3.07. The zero-order valence-corrected chi connectivity index (χ0v) is 9.25. The Balaban J connectivity index is 2.39. The molecule has 1 aromatic carbocycles. The highest BCUT2D eigenvalue weighted by molar-refractivity contribution is 5.88. The fourth-order valence-corrected chi connectivity index (χ4v) is 2.22. The van der Waals surface area contributed by atoms with E-state index in [-0.39, 0.29) is 0 Å². The van der Waals surface area contributed by atoms with Crippen molar-refractivity contribution in [2.45, 2.75) is 32.6 Å². The molecule has 1 nitrogen and oxygen atoms in total. The average molecular weight is 197 g/mol. The van der Waals surface area contributed by atoms with Crippen LogP contribution in [0.15, 0.2) is 24.3 Å². The van der Waals surface area contributed by atoms with Gasteiger partial charge in [-0.1, -0.05) is 24.3 Å². The molecule has 0 amide bonds. The van der Waals surface area contributed by atoms with Crippen molar-refractivity contribution in [2.24, 2.45) is 0 Å². The summed E-state index contributed by atoms with van der Waals surface area (Å²) in [6.45, 7) is 4.29. The molecule has 0 spiro atoms. The number of pyridine rings is 1. The van der Waals surface area contributed by atoms with E-state index in [2.05, 4.69) is 38.1 Å². The predicted molar refractivity (Wildman–Crippen MR) is 63.2 cm³/mol. The molecular weight excluding hydrogens is 182 g/mol. The van der Waals surface area contributed by atoms with Crippen molar-refractivity contribution in [1.29, 1.82) is 0 Å². The quantitative estimate of drug-likeness (QED) is 0.678. The van der Waals surface area contributed by atoms with Crippen LogP contribution in [0.5, 0.6) is 0 Å². The Morgan fingerprint density at radius 3 is 2.40 bits per heavy atom. The van der Waals surface area contributed by atoms with Gasteiger partial charge in [-0.05, 0) is 37.6 Å². The van der Waals surface area contributed by atoms with E-state index in [9.17, 15) is 0 Å². The van der Waals surface area contributed by atoms with Gasteiger partial charge < -0.3 is 0 Å². The third-order valence-corrected chi connectivity index (χ3v) is 3.40. The first-order valence-electron chi connectivity index (χ1n) is 5.63. The Bertz CT molecular complexity index is 524. The Morgan fingerprint density at radius 2 is 1.73 bits per heavy atom. The minimum Gasteiger partial charge on any atom is -0.257 e. The van der Waals surface area contributed by atoms with Crippen LogP contribution in [-0.2, 0) is 0 Å². The molecule has 1 aliphatic carbocycles. The standard InChI is InChI=1S/C14H15N/c1-9-10(2)15-14(11-7-8-11)13-6-4-3-5-12(9)13/h3-6,11H,7-8H2,1-2H3. The normalized spacial score (nSPS) is 15.9. The van der Waals surface area contributed by atoms with Crippen LogP contribution in [0.3, 0.4) is 0 Å². The van der Waals surface area contributed by atoms with Crippen LogP contribution >= 0.6 is 0 Å². The van der Waals surface area contributed by atoms with E-state index >= 15 is 0 Å². The summed E-state index contributed by atoms with van der Waals surface area (Å²) >= 11 is 0. The monoisotopic (exact) mass is 197 g/mol. The van der Waals surface area contributed by atoms with Gasteiger partial charge in [0.1, 0.15) is 0 Å². The molecule has 1 heterocycles. The Kier molecular flexibility index (Phi) is 1.82. The zero-order chi connectivity index (χ0) is 10.4. The van der Waals surface area contributed by atoms with Gasteiger partial charge in [-0.3, -0.25) is 4.98 Å². The maximum Gasteiger partial charge on any atom is 0.0516 e. The molecule has 2 aromatic rings. The fourth-order valence-electron chi connectivity index (χ4n) is 2.22. The summed E-state index contributed by atoms with van der Waals surface area (Å²) in [7, 11) is 0. The van der Waals surface area contributed by atoms with E-state index in [0.29, 0.717) is 0 Å². The number of aryl methyl sites for hydroxylation is 2. The number of fused-ring (bicyclic) bond motifs is 1. The molecule has 0 atom stereocenters. The summed E-state index contributed by atoms with van der Waals surface area (Å²) in [6.07, 6.45) is 2.64. The van der Waals surface area contributed by atoms with Crippen molar-refractivity contribution in [2.75, 3.05) is 0 Å². The number of rotatable bonds is 1. The van der Waals surface area contributed by atoms with Crippen molar-refractivity contribution in [3.05, 3.63) is 41.2 Å². The van der Waals surface area contributed by atoms with Gasteiger partial charge in [0.05, 0.1) is 5.69 Å². The second-order valence-electron chi connectivity index (χ2n) is 4.53. The molecule has 76 valence electrons. The molecule has 0 aliphatic heterocycles. The van der Waals surface area contributed by atoms with Crippen LogP contribution in [0.4, 0.5) is 0 Å². The molecular formula is C14H15N. The number of hydrogen-bond acceptors (Lipinski definition) is 1. The first-order valence-corrected chi connectivity index (χ1v) is 5.63. The van der Waals surface area contributed by atoms with Crippen LogP contribution in [0.2, 0.25) is 0 Å². The Labute approximate surface area is 90.2 Å². The van der Waals surface area contributed by atoms with E-state index in [1.54, 1.807) is 0 Å². The van der Waals surface area contributed by atoms with Crippen molar-refractivity contribution in [3.8, 4) is 0 Å². The van der Waals surface area contributed by atoms with Gasteiger partial charge >= 0.3 is 0 Å². The molecule has 1 aromatic heterocycles. The van der Waals surface area contributed by atoms with E-state index in [4.69, 9.17) is 4.98 Å². The van der Waals surface area contributed by atoms with E-state index < -0.39 is 0 Å². The van der Waals surface area contributed by atoms with Gasteiger partial charge in [-0.2, -0.15) is 0 Å². The van der Waals surface area contributed by atoms with Gasteiger partial charge in [0.25, 0.3) is 0 Å². The molecule has 1 heteroatoms. The lowest BCUT2D eigenvalue weighted by Crippen LogP contribution is -1.95. The molecule has 1 aliphatic rings. The Hall–Kier alpha value is -1.37. The van der Waals surface area contributed by atoms with Gasteiger partial charge in [0.15, 0.2) is 0 Å². The molecule has 0 N–H and O–H groups in total. The summed E-state index contributed by atoms with van der Waals surface area (Å²) < 4.78 is 0. The van der Waals surface area contributed by atoms with Gasteiger partial charge in [0.2, 0.25) is 0 Å². The number of hydrogen-bond donors (Lipinski definition) is 0. The largest absolute Gasteiger partial charge is 0.257 e. The molecule has 0 radical (unpaired) electrons. The SMILES string of the molecule is Cc1nc(C2CC2)c2ccccc2c1C. The van der Waals surface area contributed by atoms with Crippen LogP contribution in [-0.4, -0.2) is 4.98 Å². The first kappa shape index (κ1) is 8.90. The van der Waals surface area contributed by atoms with Crippen molar-refractivity contribution in [1.82, 2.24) is 4.98 Å². The van der Waals surface area contributed by atoms with E-state index in [0.717, 1.165) is 5.92 Å². The second kappa shape index (κ2) is 3.06. The first-order chi connectivity index (χ1) is 7.27. The smallest absolute Gasteiger partial charge is 0.0516 e. The minimum atomic E-state index is 0.731. The Morgan fingerprint density at radius 1 is 1.07 bits per heavy atom. The topological polar surface area (TPSA) is 12.9 Å². The second-order valence-corrected chi connectivity index (χ2v) is 4.53. The van der Waals surface area contributed by atoms with Crippen LogP contribution in [0, 0.1) is 13.8 Å². The molecule has 15 heavy (non-hydrogen) atoms. The third kappa shape index (κ3) is 1.34. The van der Waals surface area contributed by atoms with Crippen LogP contribution in [0.25, 0.3) is 10.8 Å².